The maximum Gasteiger partial charge on any atom is 0.250 e. The number of alkyl halides is 2. The van der Waals surface area contributed by atoms with Crippen LogP contribution in [0.4, 0.5) is 13.2 Å². The SMILES string of the molecule is COc1ccc(CN2CCC3(CC2)C[C@H](CN2CCC(F)(F)CC2)O3)c(F)c1. The van der Waals surface area contributed by atoms with Gasteiger partial charge in [0, 0.05) is 70.2 Å². The Labute approximate surface area is 164 Å². The second kappa shape index (κ2) is 7.84. The lowest BCUT2D eigenvalue weighted by molar-refractivity contribution is -0.232. The normalized spacial score (nSPS) is 27.5. The number of likely N-dealkylation sites (tertiary alicyclic amines) is 2. The molecule has 4 rings (SSSR count). The molecule has 0 radical (unpaired) electrons. The summed E-state index contributed by atoms with van der Waals surface area (Å²) >= 11 is 0. The van der Waals surface area contributed by atoms with Gasteiger partial charge in [-0.3, -0.25) is 4.90 Å². The molecule has 0 aliphatic carbocycles. The van der Waals surface area contributed by atoms with Crippen LogP contribution < -0.4 is 4.74 Å². The summed E-state index contributed by atoms with van der Waals surface area (Å²) in [4.78, 5) is 4.37. The zero-order chi connectivity index (χ0) is 19.8. The standard InChI is InChI=1S/C21H29F3N2O2/c1-27-17-3-2-16(19(22)12-17)14-25-8-4-20(5-9-25)13-18(28-20)15-26-10-6-21(23,24)7-11-26/h2-3,12,18H,4-11,13-15H2,1H3/t18-/m1/s1. The predicted molar refractivity (Wildman–Crippen MR) is 100 cm³/mol. The first-order chi connectivity index (χ1) is 13.4. The van der Waals surface area contributed by atoms with Crippen molar-refractivity contribution in [2.45, 2.75) is 56.3 Å². The summed E-state index contributed by atoms with van der Waals surface area (Å²) in [5, 5.41) is 0. The van der Waals surface area contributed by atoms with E-state index in [9.17, 15) is 13.2 Å². The quantitative estimate of drug-likeness (QED) is 0.755. The third-order valence-electron chi connectivity index (χ3n) is 6.49. The van der Waals surface area contributed by atoms with Gasteiger partial charge in [0.05, 0.1) is 18.8 Å². The minimum atomic E-state index is -2.49. The number of ether oxygens (including phenoxy) is 2. The second-order valence-electron chi connectivity index (χ2n) is 8.52. The summed E-state index contributed by atoms with van der Waals surface area (Å²) in [7, 11) is 1.53. The van der Waals surface area contributed by atoms with Gasteiger partial charge in [0.1, 0.15) is 11.6 Å². The van der Waals surface area contributed by atoms with E-state index in [2.05, 4.69) is 9.80 Å². The fourth-order valence-corrected chi connectivity index (χ4v) is 4.68. The van der Waals surface area contributed by atoms with Crippen LogP contribution in [-0.2, 0) is 11.3 Å². The first-order valence-electron chi connectivity index (χ1n) is 10.2. The molecule has 0 amide bonds. The number of halogens is 3. The third-order valence-corrected chi connectivity index (χ3v) is 6.49. The van der Waals surface area contributed by atoms with E-state index in [0.717, 1.165) is 38.9 Å². The number of rotatable bonds is 5. The molecule has 3 aliphatic rings. The molecule has 3 heterocycles. The molecular weight excluding hydrogens is 369 g/mol. The largest absolute Gasteiger partial charge is 0.497 e. The van der Waals surface area contributed by atoms with E-state index in [1.165, 1.54) is 13.2 Å². The Kier molecular flexibility index (Phi) is 5.60. The summed E-state index contributed by atoms with van der Waals surface area (Å²) in [6.07, 6.45) is 2.98. The van der Waals surface area contributed by atoms with Gasteiger partial charge in [-0.25, -0.2) is 13.2 Å². The summed E-state index contributed by atoms with van der Waals surface area (Å²) in [5.74, 6) is -2.19. The maximum atomic E-state index is 14.2. The Bertz CT molecular complexity index is 674. The summed E-state index contributed by atoms with van der Waals surface area (Å²) < 4.78 is 52.0. The average Bonchev–Trinajstić information content (AvgIpc) is 2.65. The molecule has 0 aromatic heterocycles. The first-order valence-corrected chi connectivity index (χ1v) is 10.2. The third kappa shape index (κ3) is 4.47. The minimum Gasteiger partial charge on any atom is -0.497 e. The predicted octanol–water partition coefficient (Wildman–Crippen LogP) is 3.69. The highest BCUT2D eigenvalue weighted by molar-refractivity contribution is 5.28. The molecule has 1 aromatic rings. The summed E-state index contributed by atoms with van der Waals surface area (Å²) in [5.41, 5.74) is 0.630. The zero-order valence-electron chi connectivity index (χ0n) is 16.4. The van der Waals surface area contributed by atoms with Gasteiger partial charge in [0.25, 0.3) is 5.92 Å². The lowest BCUT2D eigenvalue weighted by atomic mass is 9.80. The van der Waals surface area contributed by atoms with Gasteiger partial charge in [-0.05, 0) is 18.9 Å². The molecule has 0 saturated carbocycles. The zero-order valence-corrected chi connectivity index (χ0v) is 16.4. The van der Waals surface area contributed by atoms with Crippen LogP contribution in [0.5, 0.6) is 5.75 Å². The maximum absolute atomic E-state index is 14.2. The molecule has 4 nitrogen and oxygen atoms in total. The number of benzene rings is 1. The number of hydrogen-bond donors (Lipinski definition) is 0. The van der Waals surface area contributed by atoms with Gasteiger partial charge >= 0.3 is 0 Å². The Balaban J connectivity index is 1.20. The van der Waals surface area contributed by atoms with E-state index in [-0.39, 0.29) is 30.4 Å². The summed E-state index contributed by atoms with van der Waals surface area (Å²) in [6, 6.07) is 5.01. The van der Waals surface area contributed by atoms with Crippen LogP contribution in [0.1, 0.15) is 37.7 Å². The van der Waals surface area contributed by atoms with Crippen LogP contribution in [0.2, 0.25) is 0 Å². The Hall–Kier alpha value is -1.31. The van der Waals surface area contributed by atoms with E-state index in [1.807, 2.05) is 0 Å². The van der Waals surface area contributed by atoms with Gasteiger partial charge in [0.2, 0.25) is 0 Å². The smallest absolute Gasteiger partial charge is 0.250 e. The molecule has 0 N–H and O–H groups in total. The molecule has 3 saturated heterocycles. The highest BCUT2D eigenvalue weighted by Gasteiger charge is 2.48. The molecule has 3 fully saturated rings. The molecule has 1 atom stereocenters. The van der Waals surface area contributed by atoms with Crippen molar-refractivity contribution in [3.63, 3.8) is 0 Å². The van der Waals surface area contributed by atoms with Crippen LogP contribution >= 0.6 is 0 Å². The van der Waals surface area contributed by atoms with Crippen LogP contribution in [0, 0.1) is 5.82 Å². The van der Waals surface area contributed by atoms with Crippen molar-refractivity contribution in [3.05, 3.63) is 29.6 Å². The van der Waals surface area contributed by atoms with Gasteiger partial charge in [-0.2, -0.15) is 0 Å². The van der Waals surface area contributed by atoms with Crippen molar-refractivity contribution in [1.29, 1.82) is 0 Å². The molecular formula is C21H29F3N2O2. The Morgan fingerprint density at radius 3 is 2.32 bits per heavy atom. The molecule has 3 aliphatic heterocycles. The number of hydrogen-bond acceptors (Lipinski definition) is 4. The van der Waals surface area contributed by atoms with Crippen LogP contribution in [0.25, 0.3) is 0 Å². The van der Waals surface area contributed by atoms with Crippen molar-refractivity contribution in [3.8, 4) is 5.75 Å². The van der Waals surface area contributed by atoms with Crippen LogP contribution in [0.15, 0.2) is 18.2 Å². The first kappa shape index (κ1) is 20.0. The number of piperidine rings is 2. The monoisotopic (exact) mass is 398 g/mol. The average molecular weight is 398 g/mol. The molecule has 1 spiro atoms. The highest BCUT2D eigenvalue weighted by Crippen LogP contribution is 2.42. The summed E-state index contributed by atoms with van der Waals surface area (Å²) in [6.45, 7) is 4.04. The molecule has 0 unspecified atom stereocenters. The van der Waals surface area contributed by atoms with Crippen molar-refractivity contribution in [2.24, 2.45) is 0 Å². The van der Waals surface area contributed by atoms with Gasteiger partial charge in [0.15, 0.2) is 0 Å². The second-order valence-corrected chi connectivity index (χ2v) is 8.52. The van der Waals surface area contributed by atoms with E-state index < -0.39 is 5.92 Å². The van der Waals surface area contributed by atoms with Crippen molar-refractivity contribution < 1.29 is 22.6 Å². The van der Waals surface area contributed by atoms with Gasteiger partial charge < -0.3 is 14.4 Å². The van der Waals surface area contributed by atoms with Gasteiger partial charge in [-0.15, -0.1) is 0 Å². The Morgan fingerprint density at radius 1 is 1.07 bits per heavy atom. The lowest BCUT2D eigenvalue weighted by Gasteiger charge is -2.53. The topological polar surface area (TPSA) is 24.9 Å². The van der Waals surface area contributed by atoms with E-state index in [1.54, 1.807) is 12.1 Å². The number of methoxy groups -OCH3 is 1. The van der Waals surface area contributed by atoms with Crippen molar-refractivity contribution >= 4 is 0 Å². The van der Waals surface area contributed by atoms with Crippen molar-refractivity contribution in [2.75, 3.05) is 39.8 Å². The van der Waals surface area contributed by atoms with E-state index in [0.29, 0.717) is 30.9 Å². The highest BCUT2D eigenvalue weighted by atomic mass is 19.3. The minimum absolute atomic E-state index is 0.0399. The van der Waals surface area contributed by atoms with Crippen LogP contribution in [-0.4, -0.2) is 67.3 Å². The molecule has 0 bridgehead atoms. The molecule has 1 aromatic carbocycles. The van der Waals surface area contributed by atoms with Crippen LogP contribution in [0.3, 0.4) is 0 Å². The molecule has 7 heteroatoms. The number of nitrogens with zero attached hydrogens (tertiary/aromatic N) is 2. The fraction of sp³-hybridized carbons (Fsp3) is 0.714. The van der Waals surface area contributed by atoms with E-state index >= 15 is 0 Å². The van der Waals surface area contributed by atoms with Crippen molar-refractivity contribution in [1.82, 2.24) is 9.80 Å². The molecule has 28 heavy (non-hydrogen) atoms. The van der Waals surface area contributed by atoms with Gasteiger partial charge in [-0.1, -0.05) is 6.07 Å². The fourth-order valence-electron chi connectivity index (χ4n) is 4.68. The lowest BCUT2D eigenvalue weighted by Crippen LogP contribution is -2.59. The molecule has 156 valence electrons. The Morgan fingerprint density at radius 2 is 1.71 bits per heavy atom. The van der Waals surface area contributed by atoms with E-state index in [4.69, 9.17) is 9.47 Å².